The molecule has 0 bridgehead atoms. The molecule has 0 aromatic carbocycles. The summed E-state index contributed by atoms with van der Waals surface area (Å²) < 4.78 is 107. The third-order valence-corrected chi connectivity index (χ3v) is 5.28. The van der Waals surface area contributed by atoms with Crippen molar-refractivity contribution in [2.45, 2.75) is 37.1 Å². The van der Waals surface area contributed by atoms with E-state index in [-0.39, 0.29) is 4.68 Å². The summed E-state index contributed by atoms with van der Waals surface area (Å²) in [5.74, 6) is 0. The zero-order valence-corrected chi connectivity index (χ0v) is 14.1. The van der Waals surface area contributed by atoms with E-state index in [0.717, 1.165) is 20.9 Å². The van der Waals surface area contributed by atoms with Gasteiger partial charge in [0.05, 0.1) is 5.56 Å². The summed E-state index contributed by atoms with van der Waals surface area (Å²) >= 11 is 0. The van der Waals surface area contributed by atoms with Gasteiger partial charge in [0, 0.05) is 7.05 Å². The number of carbonyl (C=O) groups excluding carboxylic acids is 1. The van der Waals surface area contributed by atoms with Crippen LogP contribution in [0, 0.1) is 0 Å². The van der Waals surface area contributed by atoms with Crippen molar-refractivity contribution in [3.63, 3.8) is 0 Å². The van der Waals surface area contributed by atoms with Crippen molar-refractivity contribution in [3.8, 4) is 0 Å². The Morgan fingerprint density at radius 2 is 1.77 bits per heavy atom. The van der Waals surface area contributed by atoms with Crippen LogP contribution in [-0.4, -0.2) is 41.3 Å². The van der Waals surface area contributed by atoms with Crippen molar-refractivity contribution in [2.75, 3.05) is 0 Å². The largest absolute Gasteiger partial charge is 0.435 e. The lowest BCUT2D eigenvalue weighted by molar-refractivity contribution is -0.143. The van der Waals surface area contributed by atoms with Crippen LogP contribution in [0.5, 0.6) is 0 Å². The highest BCUT2D eigenvalue weighted by Gasteiger charge is 2.62. The second kappa shape index (κ2) is 5.69. The Bertz CT molecular complexity index is 888. The number of halogens is 6. The first-order valence-electron chi connectivity index (χ1n) is 6.71. The van der Waals surface area contributed by atoms with Crippen molar-refractivity contribution >= 4 is 21.2 Å². The first-order chi connectivity index (χ1) is 11.6. The number of alkyl halides is 6. The van der Waals surface area contributed by atoms with Crippen molar-refractivity contribution in [2.24, 2.45) is 12.2 Å². The molecule has 7 nitrogen and oxygen atoms in total. The zero-order valence-electron chi connectivity index (χ0n) is 13.3. The van der Waals surface area contributed by atoms with Gasteiger partial charge in [0.1, 0.15) is 5.69 Å². The molecule has 0 saturated carbocycles. The average molecular weight is 407 g/mol. The molecular weight excluding hydrogens is 396 g/mol. The maximum Gasteiger partial charge on any atom is 0.435 e. The van der Waals surface area contributed by atoms with Crippen molar-refractivity contribution in [1.82, 2.24) is 9.78 Å². The van der Waals surface area contributed by atoms with Gasteiger partial charge in [0.2, 0.25) is 5.04 Å². The molecular formula is C12H11F6N3O4S. The van der Waals surface area contributed by atoms with E-state index in [1.807, 2.05) is 0 Å². The van der Waals surface area contributed by atoms with E-state index in [9.17, 15) is 39.6 Å². The molecule has 0 spiro atoms. The van der Waals surface area contributed by atoms with Gasteiger partial charge in [0.15, 0.2) is 23.8 Å². The van der Waals surface area contributed by atoms with E-state index in [1.165, 1.54) is 0 Å². The van der Waals surface area contributed by atoms with Crippen LogP contribution in [0.1, 0.15) is 35.6 Å². The number of aldehydes is 1. The monoisotopic (exact) mass is 407 g/mol. The van der Waals surface area contributed by atoms with Gasteiger partial charge in [-0.1, -0.05) is 5.16 Å². The van der Waals surface area contributed by atoms with E-state index >= 15 is 0 Å². The molecule has 1 atom stereocenters. The van der Waals surface area contributed by atoms with Gasteiger partial charge in [-0.2, -0.15) is 27.1 Å². The number of aryl methyl sites for hydroxylation is 1. The molecule has 0 radical (unpaired) electrons. The summed E-state index contributed by atoms with van der Waals surface area (Å²) in [5.41, 5.74) is -7.75. The van der Waals surface area contributed by atoms with Crippen LogP contribution in [-0.2, 0) is 33.2 Å². The molecule has 0 fully saturated rings. The zero-order chi connectivity index (χ0) is 20.3. The van der Waals surface area contributed by atoms with Crippen LogP contribution in [0.25, 0.3) is 0 Å². The van der Waals surface area contributed by atoms with E-state index in [2.05, 4.69) is 15.1 Å². The van der Waals surface area contributed by atoms with E-state index in [4.69, 9.17) is 0 Å². The maximum absolute atomic E-state index is 14.7. The summed E-state index contributed by atoms with van der Waals surface area (Å²) in [6.07, 6.45) is -8.58. The van der Waals surface area contributed by atoms with Gasteiger partial charge >= 0.3 is 11.4 Å². The first-order valence-corrected chi connectivity index (χ1v) is 8.19. The number of aromatic nitrogens is 2. The summed E-state index contributed by atoms with van der Waals surface area (Å²) in [6, 6.07) is 0. The Balaban J connectivity index is 2.74. The molecule has 1 unspecified atom stereocenters. The fourth-order valence-electron chi connectivity index (χ4n) is 2.16. The Morgan fingerprint density at radius 3 is 2.15 bits per heavy atom. The number of hydrogen-bond acceptors (Lipinski definition) is 6. The van der Waals surface area contributed by atoms with Gasteiger partial charge in [0.25, 0.3) is 9.84 Å². The SMILES string of the molecule is Cn1nc(C(F)(F)F)c(C(F)(F)S(=O)(=O)C2=NOC(C)(C)C2F)c1C=O. The van der Waals surface area contributed by atoms with E-state index in [1.54, 1.807) is 0 Å². The Kier molecular flexibility index (Phi) is 4.42. The smallest absolute Gasteiger partial charge is 0.385 e. The van der Waals surface area contributed by atoms with Crippen molar-refractivity contribution < 1.29 is 44.4 Å². The maximum atomic E-state index is 14.7. The Hall–Kier alpha value is -2.12. The lowest BCUT2D eigenvalue weighted by atomic mass is 10.1. The number of oxime groups is 1. The minimum atomic E-state index is -6.11. The normalized spacial score (nSPS) is 20.7. The molecule has 2 rings (SSSR count). The van der Waals surface area contributed by atoms with Crippen LogP contribution in [0.15, 0.2) is 5.16 Å². The minimum absolute atomic E-state index is 0.151. The van der Waals surface area contributed by atoms with Gasteiger partial charge in [-0.15, -0.1) is 0 Å². The third kappa shape index (κ3) is 2.75. The van der Waals surface area contributed by atoms with Crippen molar-refractivity contribution in [3.05, 3.63) is 17.0 Å². The van der Waals surface area contributed by atoms with Gasteiger partial charge in [-0.05, 0) is 13.8 Å². The second-order valence-electron chi connectivity index (χ2n) is 5.86. The second-order valence-corrected chi connectivity index (χ2v) is 7.79. The Morgan fingerprint density at radius 1 is 1.23 bits per heavy atom. The fraction of sp³-hybridized carbons (Fsp3) is 0.583. The average Bonchev–Trinajstić information content (AvgIpc) is 2.96. The molecule has 0 amide bonds. The van der Waals surface area contributed by atoms with E-state index in [0.29, 0.717) is 0 Å². The van der Waals surface area contributed by atoms with E-state index < -0.39 is 61.3 Å². The van der Waals surface area contributed by atoms with Gasteiger partial charge in [-0.3, -0.25) is 9.48 Å². The highest BCUT2D eigenvalue weighted by molar-refractivity contribution is 8.07. The first kappa shape index (κ1) is 20.2. The standard InChI is InChI=1S/C12H11F6N3O4S/c1-10(2)7(13)9(20-25-10)26(23,24)12(17,18)6-5(4-22)21(3)19-8(6)11(14,15)16/h4,7H,1-3H3. The van der Waals surface area contributed by atoms with Crippen LogP contribution in [0.3, 0.4) is 0 Å². The van der Waals surface area contributed by atoms with Gasteiger partial charge in [-0.25, -0.2) is 12.8 Å². The summed E-state index contributed by atoms with van der Waals surface area (Å²) in [5, 5.41) is -1.61. The van der Waals surface area contributed by atoms with Crippen molar-refractivity contribution in [1.29, 1.82) is 0 Å². The van der Waals surface area contributed by atoms with Gasteiger partial charge < -0.3 is 4.84 Å². The van der Waals surface area contributed by atoms with Crippen LogP contribution in [0.4, 0.5) is 26.3 Å². The summed E-state index contributed by atoms with van der Waals surface area (Å²) in [6.45, 7) is 2.01. The predicted molar refractivity (Wildman–Crippen MR) is 73.9 cm³/mol. The topological polar surface area (TPSA) is 90.6 Å². The highest BCUT2D eigenvalue weighted by Crippen LogP contribution is 2.45. The number of rotatable bonds is 3. The van der Waals surface area contributed by atoms with Crippen LogP contribution >= 0.6 is 0 Å². The molecule has 146 valence electrons. The summed E-state index contributed by atoms with van der Waals surface area (Å²) in [4.78, 5) is 15.4. The third-order valence-electron chi connectivity index (χ3n) is 3.57. The lowest BCUT2D eigenvalue weighted by Crippen LogP contribution is -2.43. The van der Waals surface area contributed by atoms with Crippen LogP contribution < -0.4 is 0 Å². The molecule has 26 heavy (non-hydrogen) atoms. The molecule has 0 N–H and O–H groups in total. The number of sulfone groups is 1. The fourth-order valence-corrected chi connectivity index (χ4v) is 3.59. The molecule has 1 aliphatic heterocycles. The minimum Gasteiger partial charge on any atom is -0.385 e. The molecule has 1 aromatic rings. The lowest BCUT2D eigenvalue weighted by Gasteiger charge is -2.21. The number of carbonyl (C=O) groups is 1. The molecule has 1 aromatic heterocycles. The Labute approximate surface area is 142 Å². The number of nitrogens with zero attached hydrogens (tertiary/aromatic N) is 3. The highest BCUT2D eigenvalue weighted by atomic mass is 32.2. The van der Waals surface area contributed by atoms with Crippen LogP contribution in [0.2, 0.25) is 0 Å². The molecule has 2 heterocycles. The quantitative estimate of drug-likeness (QED) is 0.566. The molecule has 0 saturated heterocycles. The summed E-state index contributed by atoms with van der Waals surface area (Å²) in [7, 11) is -5.37. The molecule has 0 aliphatic carbocycles. The predicted octanol–water partition coefficient (Wildman–Crippen LogP) is 2.18. The number of hydrogen-bond donors (Lipinski definition) is 0. The molecule has 14 heteroatoms. The molecule has 1 aliphatic rings.